The van der Waals surface area contributed by atoms with Crippen molar-refractivity contribution in [1.82, 2.24) is 0 Å². The molecule has 1 heterocycles. The minimum absolute atomic E-state index is 0.0712. The molecular formula is C16H12Cl2FNO3. The molecule has 2 aromatic carbocycles. The first-order valence-electron chi connectivity index (χ1n) is 6.76. The molecule has 23 heavy (non-hydrogen) atoms. The lowest BCUT2D eigenvalue weighted by Gasteiger charge is -2.20. The molecule has 120 valence electrons. The van der Waals surface area contributed by atoms with E-state index in [9.17, 15) is 4.39 Å². The summed E-state index contributed by atoms with van der Waals surface area (Å²) in [4.78, 5) is 5.22. The summed E-state index contributed by atoms with van der Waals surface area (Å²) in [6.07, 6.45) is 1.47. The number of halogens is 3. The molecule has 1 aliphatic rings. The van der Waals surface area contributed by atoms with Crippen LogP contribution in [0.2, 0.25) is 10.0 Å². The van der Waals surface area contributed by atoms with Crippen molar-refractivity contribution in [3.63, 3.8) is 0 Å². The van der Waals surface area contributed by atoms with Crippen molar-refractivity contribution in [2.24, 2.45) is 5.16 Å². The van der Waals surface area contributed by atoms with E-state index in [0.717, 1.165) is 0 Å². The van der Waals surface area contributed by atoms with Gasteiger partial charge >= 0.3 is 0 Å². The van der Waals surface area contributed by atoms with Crippen molar-refractivity contribution in [2.75, 3.05) is 6.79 Å². The lowest BCUT2D eigenvalue weighted by atomic mass is 10.1. The highest BCUT2D eigenvalue weighted by Crippen LogP contribution is 2.30. The number of benzene rings is 2. The first kappa shape index (κ1) is 16.1. The first-order chi connectivity index (χ1) is 11.1. The largest absolute Gasteiger partial charge is 0.467 e. The second-order valence-corrected chi connectivity index (χ2v) is 5.68. The Bertz CT molecular complexity index is 752. The highest BCUT2D eigenvalue weighted by Gasteiger charge is 2.17. The van der Waals surface area contributed by atoms with Crippen molar-refractivity contribution >= 4 is 29.4 Å². The molecular weight excluding hydrogens is 344 g/mol. The van der Waals surface area contributed by atoms with E-state index >= 15 is 0 Å². The predicted molar refractivity (Wildman–Crippen MR) is 85.5 cm³/mol. The molecule has 0 bridgehead atoms. The molecule has 0 N–H and O–H groups in total. The van der Waals surface area contributed by atoms with Crippen molar-refractivity contribution in [2.45, 2.75) is 13.2 Å². The fourth-order valence-corrected chi connectivity index (χ4v) is 2.63. The molecule has 3 rings (SSSR count). The van der Waals surface area contributed by atoms with Gasteiger partial charge in [0, 0.05) is 21.7 Å². The van der Waals surface area contributed by atoms with Gasteiger partial charge in [-0.1, -0.05) is 34.4 Å². The summed E-state index contributed by atoms with van der Waals surface area (Å²) in [7, 11) is 0. The van der Waals surface area contributed by atoms with Gasteiger partial charge in [-0.15, -0.1) is 0 Å². The molecule has 0 unspecified atom stereocenters. The molecule has 2 aromatic rings. The molecule has 0 amide bonds. The summed E-state index contributed by atoms with van der Waals surface area (Å²) in [5.41, 5.74) is 1.89. The van der Waals surface area contributed by atoms with E-state index in [1.54, 1.807) is 18.2 Å². The Kier molecular flexibility index (Phi) is 5.00. The zero-order valence-corrected chi connectivity index (χ0v) is 13.4. The molecule has 0 radical (unpaired) electrons. The fourth-order valence-electron chi connectivity index (χ4n) is 2.17. The van der Waals surface area contributed by atoms with E-state index in [2.05, 4.69) is 5.16 Å². The van der Waals surface area contributed by atoms with E-state index in [4.69, 9.17) is 37.5 Å². The topological polar surface area (TPSA) is 40.0 Å². The average molecular weight is 356 g/mol. The number of nitrogens with zero attached hydrogens (tertiary/aromatic N) is 1. The predicted octanol–water partition coefficient (Wildman–Crippen LogP) is 4.55. The Hall–Kier alpha value is -1.82. The smallest absolute Gasteiger partial charge is 0.189 e. The van der Waals surface area contributed by atoms with Crippen molar-refractivity contribution in [3.05, 3.63) is 62.9 Å². The van der Waals surface area contributed by atoms with Crippen LogP contribution >= 0.6 is 23.2 Å². The van der Waals surface area contributed by atoms with Crippen molar-refractivity contribution < 1.29 is 18.7 Å². The summed E-state index contributed by atoms with van der Waals surface area (Å²) in [5, 5.41) is 4.85. The normalized spacial score (nSPS) is 13.7. The number of rotatable bonds is 4. The van der Waals surface area contributed by atoms with E-state index in [0.29, 0.717) is 39.1 Å². The Morgan fingerprint density at radius 2 is 2.13 bits per heavy atom. The highest BCUT2D eigenvalue weighted by molar-refractivity contribution is 6.36. The minimum Gasteiger partial charge on any atom is -0.467 e. The molecule has 0 saturated heterocycles. The van der Waals surface area contributed by atoms with Gasteiger partial charge in [0.25, 0.3) is 0 Å². The molecule has 0 spiro atoms. The third-order valence-corrected chi connectivity index (χ3v) is 3.76. The van der Waals surface area contributed by atoms with Gasteiger partial charge in [0.15, 0.2) is 6.79 Å². The minimum atomic E-state index is -0.374. The van der Waals surface area contributed by atoms with Crippen LogP contribution in [0.4, 0.5) is 4.39 Å². The van der Waals surface area contributed by atoms with Gasteiger partial charge in [-0.2, -0.15) is 0 Å². The standard InChI is InChI=1S/C16H12Cl2FNO3/c17-13-2-1-10(15(18)5-13)6-20-23-8-12-4-14(19)3-11-7-21-9-22-16(11)12/h1-6H,7-9H2. The average Bonchev–Trinajstić information content (AvgIpc) is 2.53. The van der Waals surface area contributed by atoms with Crippen LogP contribution in [0.3, 0.4) is 0 Å². The second kappa shape index (κ2) is 7.17. The van der Waals surface area contributed by atoms with Crippen LogP contribution in [0, 0.1) is 5.82 Å². The molecule has 0 saturated carbocycles. The van der Waals surface area contributed by atoms with E-state index in [1.807, 2.05) is 0 Å². The molecule has 0 atom stereocenters. The van der Waals surface area contributed by atoms with Crippen LogP contribution < -0.4 is 4.74 Å². The maximum atomic E-state index is 13.6. The lowest BCUT2D eigenvalue weighted by molar-refractivity contribution is -0.0186. The molecule has 0 aromatic heterocycles. The van der Waals surface area contributed by atoms with E-state index in [1.165, 1.54) is 18.3 Å². The molecule has 1 aliphatic heterocycles. The maximum absolute atomic E-state index is 13.6. The van der Waals surface area contributed by atoms with Gasteiger partial charge in [-0.25, -0.2) is 4.39 Å². The lowest BCUT2D eigenvalue weighted by Crippen LogP contribution is -2.13. The number of ether oxygens (including phenoxy) is 2. The first-order valence-corrected chi connectivity index (χ1v) is 7.51. The number of fused-ring (bicyclic) bond motifs is 1. The Morgan fingerprint density at radius 1 is 1.26 bits per heavy atom. The van der Waals surface area contributed by atoms with Crippen LogP contribution in [-0.4, -0.2) is 13.0 Å². The highest BCUT2D eigenvalue weighted by atomic mass is 35.5. The van der Waals surface area contributed by atoms with Crippen LogP contribution in [0.15, 0.2) is 35.5 Å². The monoisotopic (exact) mass is 355 g/mol. The molecule has 7 heteroatoms. The fraction of sp³-hybridized carbons (Fsp3) is 0.188. The Balaban J connectivity index is 1.69. The summed E-state index contributed by atoms with van der Waals surface area (Å²) in [6.45, 7) is 0.515. The summed E-state index contributed by atoms with van der Waals surface area (Å²) >= 11 is 11.8. The van der Waals surface area contributed by atoms with Crippen LogP contribution in [0.1, 0.15) is 16.7 Å². The van der Waals surface area contributed by atoms with E-state index in [-0.39, 0.29) is 19.2 Å². The van der Waals surface area contributed by atoms with Crippen LogP contribution in [0.5, 0.6) is 5.75 Å². The quantitative estimate of drug-likeness (QED) is 0.596. The number of hydrogen-bond donors (Lipinski definition) is 0. The number of oxime groups is 1. The van der Waals surface area contributed by atoms with Crippen LogP contribution in [-0.2, 0) is 22.8 Å². The molecule has 4 nitrogen and oxygen atoms in total. The molecule has 0 fully saturated rings. The van der Waals surface area contributed by atoms with Gasteiger partial charge in [-0.05, 0) is 24.3 Å². The van der Waals surface area contributed by atoms with Gasteiger partial charge in [0.05, 0.1) is 17.8 Å². The third-order valence-electron chi connectivity index (χ3n) is 3.20. The maximum Gasteiger partial charge on any atom is 0.189 e. The summed E-state index contributed by atoms with van der Waals surface area (Å²) < 4.78 is 24.1. The van der Waals surface area contributed by atoms with Crippen molar-refractivity contribution in [3.8, 4) is 5.75 Å². The van der Waals surface area contributed by atoms with Crippen molar-refractivity contribution in [1.29, 1.82) is 0 Å². The van der Waals surface area contributed by atoms with Gasteiger partial charge < -0.3 is 14.3 Å². The van der Waals surface area contributed by atoms with Crippen LogP contribution in [0.25, 0.3) is 0 Å². The second-order valence-electron chi connectivity index (χ2n) is 4.84. The summed E-state index contributed by atoms with van der Waals surface area (Å²) in [6, 6.07) is 7.78. The molecule has 0 aliphatic carbocycles. The Morgan fingerprint density at radius 3 is 2.96 bits per heavy atom. The van der Waals surface area contributed by atoms with E-state index < -0.39 is 0 Å². The Labute approximate surface area is 142 Å². The van der Waals surface area contributed by atoms with Gasteiger partial charge in [0.2, 0.25) is 0 Å². The van der Waals surface area contributed by atoms with Gasteiger partial charge in [0.1, 0.15) is 18.2 Å². The third kappa shape index (κ3) is 3.93. The zero-order chi connectivity index (χ0) is 16.2. The van der Waals surface area contributed by atoms with Gasteiger partial charge in [-0.3, -0.25) is 0 Å². The zero-order valence-electron chi connectivity index (χ0n) is 11.9. The summed E-state index contributed by atoms with van der Waals surface area (Å²) in [5.74, 6) is 0.207. The number of hydrogen-bond acceptors (Lipinski definition) is 4. The SMILES string of the molecule is Fc1cc2c(c(CON=Cc3ccc(Cl)cc3Cl)c1)OCOC2.